The molecule has 0 aliphatic carbocycles. The van der Waals surface area contributed by atoms with Crippen LogP contribution in [0.3, 0.4) is 0 Å². The third-order valence-corrected chi connectivity index (χ3v) is 3.29. The summed E-state index contributed by atoms with van der Waals surface area (Å²) in [6, 6.07) is 14.3. The van der Waals surface area contributed by atoms with Crippen LogP contribution in [-0.4, -0.2) is 32.2 Å². The van der Waals surface area contributed by atoms with Gasteiger partial charge in [-0.25, -0.2) is 5.43 Å². The van der Waals surface area contributed by atoms with Crippen molar-refractivity contribution in [3.8, 4) is 11.5 Å². The van der Waals surface area contributed by atoms with Crippen molar-refractivity contribution in [3.63, 3.8) is 0 Å². The van der Waals surface area contributed by atoms with Crippen LogP contribution < -0.4 is 20.2 Å². The van der Waals surface area contributed by atoms with Gasteiger partial charge < -0.3 is 14.8 Å². The second-order valence-electron chi connectivity index (χ2n) is 5.01. The molecule has 2 aromatic rings. The van der Waals surface area contributed by atoms with E-state index in [1.165, 1.54) is 6.21 Å². The van der Waals surface area contributed by atoms with Crippen molar-refractivity contribution >= 4 is 18.0 Å². The Bertz CT molecular complexity index is 757. The third kappa shape index (κ3) is 5.65. The van der Waals surface area contributed by atoms with Crippen molar-refractivity contribution in [2.45, 2.75) is 6.54 Å². The van der Waals surface area contributed by atoms with Gasteiger partial charge >= 0.3 is 11.8 Å². The number of carbonyl (C=O) groups excluding carboxylic acids is 2. The van der Waals surface area contributed by atoms with E-state index in [0.717, 1.165) is 16.9 Å². The summed E-state index contributed by atoms with van der Waals surface area (Å²) in [6.45, 7) is 0.232. The molecule has 0 saturated heterocycles. The fourth-order valence-electron chi connectivity index (χ4n) is 1.94. The number of benzene rings is 2. The normalized spacial score (nSPS) is 10.3. The maximum absolute atomic E-state index is 11.7. The number of hydrazone groups is 1. The first kappa shape index (κ1) is 18.0. The maximum atomic E-state index is 11.7. The molecule has 2 aromatic carbocycles. The van der Waals surface area contributed by atoms with E-state index in [0.29, 0.717) is 5.75 Å². The highest BCUT2D eigenvalue weighted by Crippen LogP contribution is 2.11. The molecular formula is C18H19N3O4. The standard InChI is InChI=1S/C18H19N3O4/c1-24-15-8-6-13(7-9-15)11-19-17(22)18(23)21-20-12-14-4-3-5-16(10-14)25-2/h3-10,12H,11H2,1-2H3,(H,19,22)(H,21,23)/b20-12-. The molecule has 0 atom stereocenters. The zero-order valence-corrected chi connectivity index (χ0v) is 14.0. The van der Waals surface area contributed by atoms with E-state index in [4.69, 9.17) is 9.47 Å². The van der Waals surface area contributed by atoms with Gasteiger partial charge in [-0.05, 0) is 35.4 Å². The molecule has 2 N–H and O–H groups in total. The maximum Gasteiger partial charge on any atom is 0.329 e. The SMILES string of the molecule is COc1ccc(CNC(=O)C(=O)N/N=C\c2cccc(OC)c2)cc1. The lowest BCUT2D eigenvalue weighted by atomic mass is 10.2. The van der Waals surface area contributed by atoms with E-state index >= 15 is 0 Å². The Morgan fingerprint density at radius 3 is 2.40 bits per heavy atom. The van der Waals surface area contributed by atoms with E-state index in [-0.39, 0.29) is 6.54 Å². The van der Waals surface area contributed by atoms with Gasteiger partial charge in [0.25, 0.3) is 0 Å². The first-order chi connectivity index (χ1) is 12.1. The summed E-state index contributed by atoms with van der Waals surface area (Å²) in [7, 11) is 3.14. The first-order valence-corrected chi connectivity index (χ1v) is 7.50. The van der Waals surface area contributed by atoms with Gasteiger partial charge in [0.1, 0.15) is 11.5 Å². The zero-order valence-electron chi connectivity index (χ0n) is 14.0. The summed E-state index contributed by atoms with van der Waals surface area (Å²) in [4.78, 5) is 23.4. The molecule has 0 heterocycles. The monoisotopic (exact) mass is 341 g/mol. The van der Waals surface area contributed by atoms with Gasteiger partial charge in [-0.15, -0.1) is 0 Å². The lowest BCUT2D eigenvalue weighted by molar-refractivity contribution is -0.139. The lowest BCUT2D eigenvalue weighted by Gasteiger charge is -2.05. The van der Waals surface area contributed by atoms with Crippen LogP contribution in [0.2, 0.25) is 0 Å². The number of nitrogens with zero attached hydrogens (tertiary/aromatic N) is 1. The number of hydrogen-bond donors (Lipinski definition) is 2. The van der Waals surface area contributed by atoms with Crippen LogP contribution in [0.15, 0.2) is 53.6 Å². The largest absolute Gasteiger partial charge is 0.497 e. The number of amides is 2. The molecule has 0 aliphatic rings. The Hall–Kier alpha value is -3.35. The number of carbonyl (C=O) groups is 2. The molecule has 25 heavy (non-hydrogen) atoms. The number of ether oxygens (including phenoxy) is 2. The Balaban J connectivity index is 1.81. The molecule has 7 heteroatoms. The van der Waals surface area contributed by atoms with Gasteiger partial charge in [-0.1, -0.05) is 24.3 Å². The van der Waals surface area contributed by atoms with E-state index < -0.39 is 11.8 Å². The number of hydrogen-bond acceptors (Lipinski definition) is 5. The van der Waals surface area contributed by atoms with Crippen LogP contribution >= 0.6 is 0 Å². The molecular weight excluding hydrogens is 322 g/mol. The van der Waals surface area contributed by atoms with Crippen molar-refractivity contribution in [1.82, 2.24) is 10.7 Å². The molecule has 0 radical (unpaired) electrons. The van der Waals surface area contributed by atoms with Crippen molar-refractivity contribution in [3.05, 3.63) is 59.7 Å². The van der Waals surface area contributed by atoms with Crippen LogP contribution in [0.1, 0.15) is 11.1 Å². The number of nitrogens with one attached hydrogen (secondary N) is 2. The summed E-state index contributed by atoms with van der Waals surface area (Å²) < 4.78 is 10.1. The first-order valence-electron chi connectivity index (χ1n) is 7.50. The van der Waals surface area contributed by atoms with Crippen molar-refractivity contribution < 1.29 is 19.1 Å². The second-order valence-corrected chi connectivity index (χ2v) is 5.01. The van der Waals surface area contributed by atoms with E-state index in [1.807, 2.05) is 0 Å². The van der Waals surface area contributed by atoms with Crippen LogP contribution in [-0.2, 0) is 16.1 Å². The minimum absolute atomic E-state index is 0.232. The highest BCUT2D eigenvalue weighted by molar-refractivity contribution is 6.35. The van der Waals surface area contributed by atoms with Gasteiger partial charge in [0.15, 0.2) is 0 Å². The van der Waals surface area contributed by atoms with E-state index in [9.17, 15) is 9.59 Å². The predicted molar refractivity (Wildman–Crippen MR) is 93.6 cm³/mol. The smallest absolute Gasteiger partial charge is 0.329 e. The summed E-state index contributed by atoms with van der Waals surface area (Å²) >= 11 is 0. The minimum atomic E-state index is -0.840. The third-order valence-electron chi connectivity index (χ3n) is 3.29. The van der Waals surface area contributed by atoms with Crippen molar-refractivity contribution in [1.29, 1.82) is 0 Å². The quantitative estimate of drug-likeness (QED) is 0.473. The summed E-state index contributed by atoms with van der Waals surface area (Å²) in [5.41, 5.74) is 3.76. The summed E-state index contributed by atoms with van der Waals surface area (Å²) in [6.07, 6.45) is 1.43. The number of rotatable bonds is 6. The van der Waals surface area contributed by atoms with Gasteiger partial charge in [0.05, 0.1) is 20.4 Å². The molecule has 0 aliphatic heterocycles. The summed E-state index contributed by atoms with van der Waals surface area (Å²) in [5.74, 6) is -0.210. The fraction of sp³-hybridized carbons (Fsp3) is 0.167. The minimum Gasteiger partial charge on any atom is -0.497 e. The average Bonchev–Trinajstić information content (AvgIpc) is 2.66. The zero-order chi connectivity index (χ0) is 18.1. The topological polar surface area (TPSA) is 89.0 Å². The molecule has 0 bridgehead atoms. The average molecular weight is 341 g/mol. The van der Waals surface area contributed by atoms with E-state index in [2.05, 4.69) is 15.8 Å². The van der Waals surface area contributed by atoms with E-state index in [1.54, 1.807) is 62.8 Å². The molecule has 0 spiro atoms. The molecule has 0 unspecified atom stereocenters. The molecule has 0 aromatic heterocycles. The van der Waals surface area contributed by atoms with Gasteiger partial charge in [0.2, 0.25) is 0 Å². The molecule has 0 fully saturated rings. The second kappa shape index (κ2) is 9.07. The fourth-order valence-corrected chi connectivity index (χ4v) is 1.94. The van der Waals surface area contributed by atoms with Gasteiger partial charge in [-0.3, -0.25) is 9.59 Å². The van der Waals surface area contributed by atoms with Crippen molar-refractivity contribution in [2.75, 3.05) is 14.2 Å². The molecule has 0 saturated carbocycles. The van der Waals surface area contributed by atoms with Crippen molar-refractivity contribution in [2.24, 2.45) is 5.10 Å². The highest BCUT2D eigenvalue weighted by Gasteiger charge is 2.11. The lowest BCUT2D eigenvalue weighted by Crippen LogP contribution is -2.37. The molecule has 2 rings (SSSR count). The molecule has 7 nitrogen and oxygen atoms in total. The Morgan fingerprint density at radius 1 is 1.00 bits per heavy atom. The van der Waals surface area contributed by atoms with Gasteiger partial charge in [-0.2, -0.15) is 5.10 Å². The van der Waals surface area contributed by atoms with Crippen LogP contribution in [0.5, 0.6) is 11.5 Å². The van der Waals surface area contributed by atoms with Crippen LogP contribution in [0.25, 0.3) is 0 Å². The summed E-state index contributed by atoms with van der Waals surface area (Å²) in [5, 5.41) is 6.28. The van der Waals surface area contributed by atoms with Crippen LogP contribution in [0, 0.1) is 0 Å². The van der Waals surface area contributed by atoms with Crippen LogP contribution in [0.4, 0.5) is 0 Å². The molecule has 2 amide bonds. The predicted octanol–water partition coefficient (Wildman–Crippen LogP) is 1.47. The Kier molecular flexibility index (Phi) is 6.53. The molecule has 130 valence electrons. The van der Waals surface area contributed by atoms with Gasteiger partial charge in [0, 0.05) is 6.54 Å². The Morgan fingerprint density at radius 2 is 1.72 bits per heavy atom. The number of methoxy groups -OCH3 is 2. The Labute approximate surface area is 145 Å². The highest BCUT2D eigenvalue weighted by atomic mass is 16.5.